The Hall–Kier alpha value is -1.45. The van der Waals surface area contributed by atoms with Crippen LogP contribution >= 0.6 is 0 Å². The van der Waals surface area contributed by atoms with Gasteiger partial charge in [-0.3, -0.25) is 4.79 Å². The molecule has 2 heterocycles. The molecule has 8 nitrogen and oxygen atoms in total. The van der Waals surface area contributed by atoms with Crippen molar-refractivity contribution in [3.63, 3.8) is 0 Å². The number of hydrogen-bond donors (Lipinski definition) is 1. The van der Waals surface area contributed by atoms with E-state index in [-0.39, 0.29) is 17.5 Å². The third-order valence-electron chi connectivity index (χ3n) is 3.58. The summed E-state index contributed by atoms with van der Waals surface area (Å²) in [4.78, 5) is 17.7. The monoisotopic (exact) mass is 315 g/mol. The van der Waals surface area contributed by atoms with Gasteiger partial charge in [0.1, 0.15) is 11.9 Å². The molecule has 0 spiro atoms. The fourth-order valence-electron chi connectivity index (χ4n) is 2.25. The number of hydrogen-bond acceptors (Lipinski definition) is 5. The van der Waals surface area contributed by atoms with E-state index in [0.717, 1.165) is 0 Å². The van der Waals surface area contributed by atoms with E-state index >= 15 is 0 Å². The Morgan fingerprint density at radius 3 is 2.67 bits per heavy atom. The number of sulfonamides is 1. The largest absolute Gasteiger partial charge is 0.347 e. The maximum atomic E-state index is 12.7. The Morgan fingerprint density at radius 2 is 2.14 bits per heavy atom. The molecular weight excluding hydrogens is 294 g/mol. The van der Waals surface area contributed by atoms with Gasteiger partial charge in [0.25, 0.3) is 10.0 Å². The van der Waals surface area contributed by atoms with Crippen LogP contribution < -0.4 is 5.32 Å². The molecule has 1 atom stereocenters. The number of aromatic nitrogens is 2. The molecule has 0 aromatic carbocycles. The minimum atomic E-state index is -3.78. The average Bonchev–Trinajstić information content (AvgIpc) is 2.78. The minimum absolute atomic E-state index is 0.0130. The van der Waals surface area contributed by atoms with Crippen molar-refractivity contribution >= 4 is 15.9 Å². The smallest absolute Gasteiger partial charge is 0.262 e. The van der Waals surface area contributed by atoms with Gasteiger partial charge >= 0.3 is 0 Å². The van der Waals surface area contributed by atoms with Crippen LogP contribution in [-0.4, -0.2) is 72.9 Å². The van der Waals surface area contributed by atoms with Crippen LogP contribution in [0.25, 0.3) is 0 Å². The number of carbonyl (C=O) groups excluding carboxylic acids is 1. The van der Waals surface area contributed by atoms with Gasteiger partial charge in [0.2, 0.25) is 5.91 Å². The molecule has 1 N–H and O–H groups in total. The third kappa shape index (κ3) is 2.94. The molecule has 1 amide bonds. The maximum absolute atomic E-state index is 12.7. The maximum Gasteiger partial charge on any atom is 0.262 e. The number of likely N-dealkylation sites (N-methyl/N-ethyl adjacent to an activating group) is 1. The summed E-state index contributed by atoms with van der Waals surface area (Å²) >= 11 is 0. The topological polar surface area (TPSA) is 87.5 Å². The van der Waals surface area contributed by atoms with Gasteiger partial charge in [-0.2, -0.15) is 4.31 Å². The second kappa shape index (κ2) is 5.74. The van der Waals surface area contributed by atoms with Crippen molar-refractivity contribution in [1.82, 2.24) is 24.1 Å². The van der Waals surface area contributed by atoms with Crippen molar-refractivity contribution in [2.45, 2.75) is 18.0 Å². The fraction of sp³-hybridized carbons (Fsp3) is 0.667. The number of piperazine rings is 1. The van der Waals surface area contributed by atoms with Gasteiger partial charge in [-0.15, -0.1) is 0 Å². The van der Waals surface area contributed by atoms with Gasteiger partial charge in [0, 0.05) is 47.0 Å². The summed E-state index contributed by atoms with van der Waals surface area (Å²) in [6, 6.07) is -0.735. The van der Waals surface area contributed by atoms with Gasteiger partial charge < -0.3 is 14.8 Å². The van der Waals surface area contributed by atoms with Crippen molar-refractivity contribution in [2.75, 3.05) is 33.7 Å². The van der Waals surface area contributed by atoms with Crippen molar-refractivity contribution in [3.8, 4) is 0 Å². The highest BCUT2D eigenvalue weighted by molar-refractivity contribution is 7.89. The summed E-state index contributed by atoms with van der Waals surface area (Å²) in [6.45, 7) is 2.81. The van der Waals surface area contributed by atoms with Crippen LogP contribution in [0.2, 0.25) is 0 Å². The molecule has 9 heteroatoms. The van der Waals surface area contributed by atoms with Crippen molar-refractivity contribution in [2.24, 2.45) is 7.05 Å². The Morgan fingerprint density at radius 1 is 1.48 bits per heavy atom. The van der Waals surface area contributed by atoms with E-state index in [2.05, 4.69) is 10.3 Å². The number of rotatable bonds is 3. The SMILES string of the molecule is Cc1nc(S(=O)(=O)N2CCNCC2C(=O)N(C)C)cn1C. The standard InChI is InChI=1S/C12H21N5O3S/c1-9-14-11(8-16(9)4)21(19,20)17-6-5-13-7-10(17)12(18)15(2)3/h8,10,13H,5-7H2,1-4H3. The molecule has 1 aromatic heterocycles. The van der Waals surface area contributed by atoms with Crippen LogP contribution in [-0.2, 0) is 21.9 Å². The van der Waals surface area contributed by atoms with E-state index in [4.69, 9.17) is 0 Å². The molecule has 0 aliphatic carbocycles. The van der Waals surface area contributed by atoms with Gasteiger partial charge in [0.05, 0.1) is 0 Å². The zero-order chi connectivity index (χ0) is 15.8. The van der Waals surface area contributed by atoms with Gasteiger partial charge in [0.15, 0.2) is 5.03 Å². The van der Waals surface area contributed by atoms with Crippen LogP contribution in [0.5, 0.6) is 0 Å². The number of imidazole rings is 1. The van der Waals surface area contributed by atoms with Crippen molar-refractivity contribution < 1.29 is 13.2 Å². The lowest BCUT2D eigenvalue weighted by Crippen LogP contribution is -2.59. The molecule has 2 rings (SSSR count). The van der Waals surface area contributed by atoms with Crippen LogP contribution in [0.4, 0.5) is 0 Å². The predicted octanol–water partition coefficient (Wildman–Crippen LogP) is -1.22. The van der Waals surface area contributed by atoms with Gasteiger partial charge in [-0.25, -0.2) is 13.4 Å². The second-order valence-corrected chi connectivity index (χ2v) is 7.14. The van der Waals surface area contributed by atoms with Crippen LogP contribution in [0, 0.1) is 6.92 Å². The number of amides is 1. The first-order chi connectivity index (χ1) is 9.75. The molecule has 1 fully saturated rings. The van der Waals surface area contributed by atoms with Gasteiger partial charge in [-0.05, 0) is 6.92 Å². The lowest BCUT2D eigenvalue weighted by Gasteiger charge is -2.34. The summed E-state index contributed by atoms with van der Waals surface area (Å²) in [5, 5.41) is 3.05. The number of aryl methyl sites for hydroxylation is 2. The summed E-state index contributed by atoms with van der Waals surface area (Å²) in [5.41, 5.74) is 0. The summed E-state index contributed by atoms with van der Waals surface area (Å²) in [6.07, 6.45) is 1.48. The lowest BCUT2D eigenvalue weighted by atomic mass is 10.2. The number of carbonyl (C=O) groups is 1. The Bertz CT molecular complexity index is 618. The van der Waals surface area contributed by atoms with E-state index in [1.54, 1.807) is 32.6 Å². The van der Waals surface area contributed by atoms with Crippen LogP contribution in [0.3, 0.4) is 0 Å². The molecule has 1 saturated heterocycles. The Balaban J connectivity index is 2.38. The molecule has 1 unspecified atom stereocenters. The summed E-state index contributed by atoms with van der Waals surface area (Å²) in [5.74, 6) is 0.373. The highest BCUT2D eigenvalue weighted by Gasteiger charge is 2.39. The highest BCUT2D eigenvalue weighted by Crippen LogP contribution is 2.19. The van der Waals surface area contributed by atoms with E-state index in [0.29, 0.717) is 18.9 Å². The first kappa shape index (κ1) is 15.9. The Kier molecular flexibility index (Phi) is 4.35. The van der Waals surface area contributed by atoms with Crippen molar-refractivity contribution in [1.29, 1.82) is 0 Å². The molecule has 118 valence electrons. The van der Waals surface area contributed by atoms with Crippen LogP contribution in [0.1, 0.15) is 5.82 Å². The molecule has 1 aliphatic heterocycles. The first-order valence-corrected chi connectivity index (χ1v) is 8.13. The molecule has 1 aromatic rings. The van der Waals surface area contributed by atoms with E-state index in [1.807, 2.05) is 0 Å². The van der Waals surface area contributed by atoms with E-state index in [1.165, 1.54) is 15.4 Å². The fourth-order valence-corrected chi connectivity index (χ4v) is 3.86. The predicted molar refractivity (Wildman–Crippen MR) is 77.2 cm³/mol. The molecular formula is C12H21N5O3S. The quantitative estimate of drug-likeness (QED) is 0.755. The summed E-state index contributed by atoms with van der Waals surface area (Å²) < 4.78 is 28.4. The van der Waals surface area contributed by atoms with Crippen LogP contribution in [0.15, 0.2) is 11.2 Å². The highest BCUT2D eigenvalue weighted by atomic mass is 32.2. The Labute approximate surface area is 124 Å². The number of nitrogens with zero attached hydrogens (tertiary/aromatic N) is 4. The zero-order valence-corrected chi connectivity index (χ0v) is 13.5. The molecule has 1 aliphatic rings. The zero-order valence-electron chi connectivity index (χ0n) is 12.7. The molecule has 0 saturated carbocycles. The second-order valence-electron chi connectivity index (χ2n) is 5.31. The normalized spacial score (nSPS) is 20.5. The first-order valence-electron chi connectivity index (χ1n) is 6.69. The molecule has 21 heavy (non-hydrogen) atoms. The molecule has 0 bridgehead atoms. The lowest BCUT2D eigenvalue weighted by molar-refractivity contribution is -0.133. The van der Waals surface area contributed by atoms with E-state index < -0.39 is 16.1 Å². The minimum Gasteiger partial charge on any atom is -0.347 e. The third-order valence-corrected chi connectivity index (χ3v) is 5.36. The number of nitrogens with one attached hydrogen (secondary N) is 1. The van der Waals surface area contributed by atoms with E-state index in [9.17, 15) is 13.2 Å². The van der Waals surface area contributed by atoms with Crippen molar-refractivity contribution in [3.05, 3.63) is 12.0 Å². The van der Waals surface area contributed by atoms with Gasteiger partial charge in [-0.1, -0.05) is 0 Å². The summed E-state index contributed by atoms with van der Waals surface area (Å²) in [7, 11) is 1.20. The average molecular weight is 315 g/mol. The molecule has 0 radical (unpaired) electrons.